The van der Waals surface area contributed by atoms with Crippen molar-refractivity contribution in [2.75, 3.05) is 12.3 Å². The molecule has 0 spiro atoms. The first-order valence-electron chi connectivity index (χ1n) is 3.00. The minimum Gasteiger partial charge on any atom is -0.356 e. The van der Waals surface area contributed by atoms with Gasteiger partial charge in [-0.2, -0.15) is 0 Å². The highest BCUT2D eigenvalue weighted by Crippen LogP contribution is 1.97. The molecule has 1 N–H and O–H groups in total. The minimum atomic E-state index is -0.0517. The Morgan fingerprint density at radius 1 is 1.40 bits per heavy atom. The molecule has 0 atom stereocenters. The van der Waals surface area contributed by atoms with Crippen LogP contribution in [0.15, 0.2) is 0 Å². The third-order valence-electron chi connectivity index (χ3n) is 0.781. The Bertz CT molecular complexity index is 120. The van der Waals surface area contributed by atoms with Gasteiger partial charge < -0.3 is 5.32 Å². The normalized spacial score (nSPS) is 9.00. The van der Waals surface area contributed by atoms with Crippen LogP contribution < -0.4 is 5.32 Å². The van der Waals surface area contributed by atoms with E-state index < -0.39 is 0 Å². The van der Waals surface area contributed by atoms with Crippen molar-refractivity contribution < 1.29 is 9.59 Å². The number of carbonyl (C=O) groups excluding carboxylic acids is 2. The molecule has 0 fully saturated rings. The topological polar surface area (TPSA) is 46.2 Å². The van der Waals surface area contributed by atoms with Crippen LogP contribution >= 0.6 is 11.8 Å². The number of hydrogen-bond acceptors (Lipinski definition) is 3. The lowest BCUT2D eigenvalue weighted by molar-refractivity contribution is -0.118. The molecular formula is C6H11NO2S. The van der Waals surface area contributed by atoms with E-state index in [4.69, 9.17) is 0 Å². The second-order valence-corrected chi connectivity index (χ2v) is 3.09. The highest BCUT2D eigenvalue weighted by Gasteiger charge is 1.93. The summed E-state index contributed by atoms with van der Waals surface area (Å²) in [6.45, 7) is 3.54. The molecule has 0 aliphatic rings. The van der Waals surface area contributed by atoms with Crippen molar-refractivity contribution in [1.29, 1.82) is 0 Å². The molecule has 0 rings (SSSR count). The van der Waals surface area contributed by atoms with Crippen molar-refractivity contribution in [2.45, 2.75) is 13.8 Å². The summed E-state index contributed by atoms with van der Waals surface area (Å²) in [6, 6.07) is 0. The molecule has 0 heterocycles. The molecule has 0 aromatic heterocycles. The van der Waals surface area contributed by atoms with E-state index in [0.717, 1.165) is 0 Å². The maximum Gasteiger partial charge on any atom is 0.216 e. The zero-order valence-corrected chi connectivity index (χ0v) is 6.96. The van der Waals surface area contributed by atoms with Gasteiger partial charge in [-0.3, -0.25) is 9.59 Å². The molecular weight excluding hydrogens is 152 g/mol. The summed E-state index contributed by atoms with van der Waals surface area (Å²) in [5, 5.41) is 2.68. The number of nitrogens with one attached hydrogen (secondary N) is 1. The molecule has 0 radical (unpaired) electrons. The van der Waals surface area contributed by atoms with Gasteiger partial charge in [-0.1, -0.05) is 11.8 Å². The standard InChI is InChI=1S/C6H11NO2S/c1-5(8)7-3-4-10-6(2)9/h3-4H2,1-2H3,(H,7,8)/i2+1,6+1. The fourth-order valence-electron chi connectivity index (χ4n) is 0.422. The molecule has 0 unspecified atom stereocenters. The molecule has 0 bridgehead atoms. The third kappa shape index (κ3) is 7.49. The highest BCUT2D eigenvalue weighted by atomic mass is 32.2. The minimum absolute atomic E-state index is 0.0517. The van der Waals surface area contributed by atoms with Crippen LogP contribution in [-0.2, 0) is 9.59 Å². The number of carbonyl (C=O) groups is 2. The van der Waals surface area contributed by atoms with Gasteiger partial charge in [0, 0.05) is 26.1 Å². The van der Waals surface area contributed by atoms with Crippen LogP contribution in [0.25, 0.3) is 0 Å². The number of rotatable bonds is 3. The fourth-order valence-corrected chi connectivity index (χ4v) is 0.913. The van der Waals surface area contributed by atoms with Gasteiger partial charge in [-0.05, 0) is 0 Å². The van der Waals surface area contributed by atoms with Gasteiger partial charge in [0.25, 0.3) is 0 Å². The van der Waals surface area contributed by atoms with Crippen molar-refractivity contribution in [1.82, 2.24) is 5.32 Å². The number of amides is 1. The molecule has 0 saturated carbocycles. The van der Waals surface area contributed by atoms with Gasteiger partial charge in [-0.25, -0.2) is 0 Å². The van der Waals surface area contributed by atoms with Crippen LogP contribution in [0.3, 0.4) is 0 Å². The van der Waals surface area contributed by atoms with E-state index in [1.165, 1.54) is 25.6 Å². The molecule has 0 aromatic carbocycles. The highest BCUT2D eigenvalue weighted by molar-refractivity contribution is 8.13. The van der Waals surface area contributed by atoms with Crippen LogP contribution in [0.2, 0.25) is 0 Å². The molecule has 3 nitrogen and oxygen atoms in total. The predicted octanol–water partition coefficient (Wildman–Crippen LogP) is 0.402. The van der Waals surface area contributed by atoms with Gasteiger partial charge in [0.05, 0.1) is 0 Å². The maximum atomic E-state index is 10.3. The molecule has 10 heavy (non-hydrogen) atoms. The molecule has 0 aromatic rings. The average molecular weight is 163 g/mol. The van der Waals surface area contributed by atoms with Gasteiger partial charge >= 0.3 is 0 Å². The van der Waals surface area contributed by atoms with Gasteiger partial charge in [0.15, 0.2) is 5.12 Å². The summed E-state index contributed by atoms with van der Waals surface area (Å²) in [6.07, 6.45) is 0. The van der Waals surface area contributed by atoms with E-state index in [2.05, 4.69) is 5.32 Å². The third-order valence-corrected chi connectivity index (χ3v) is 1.60. The Kier molecular flexibility index (Phi) is 5.02. The van der Waals surface area contributed by atoms with E-state index in [9.17, 15) is 9.59 Å². The summed E-state index contributed by atoms with van der Waals surface area (Å²) < 4.78 is 0. The Morgan fingerprint density at radius 3 is 2.40 bits per heavy atom. The molecule has 4 heteroatoms. The van der Waals surface area contributed by atoms with E-state index in [-0.39, 0.29) is 11.0 Å². The van der Waals surface area contributed by atoms with Gasteiger partial charge in [0.2, 0.25) is 5.91 Å². The maximum absolute atomic E-state index is 10.3. The second-order valence-electron chi connectivity index (χ2n) is 1.82. The van der Waals surface area contributed by atoms with Crippen LogP contribution in [0.1, 0.15) is 13.8 Å². The Balaban J connectivity index is 3.06. The quantitative estimate of drug-likeness (QED) is 0.484. The van der Waals surface area contributed by atoms with Crippen molar-refractivity contribution in [3.63, 3.8) is 0 Å². The SMILES string of the molecule is CC(=O)NCCS[13C]([13CH3])=O. The molecule has 0 aliphatic carbocycles. The molecule has 0 saturated heterocycles. The fraction of sp³-hybridized carbons (Fsp3) is 0.667. The van der Waals surface area contributed by atoms with Crippen LogP contribution in [0.4, 0.5) is 0 Å². The van der Waals surface area contributed by atoms with Gasteiger partial charge in [0.1, 0.15) is 0 Å². The Hall–Kier alpha value is -0.510. The van der Waals surface area contributed by atoms with Crippen molar-refractivity contribution in [3.8, 4) is 0 Å². The number of thioether (sulfide) groups is 1. The Labute approximate surface area is 64.6 Å². The zero-order chi connectivity index (χ0) is 7.98. The summed E-state index contributed by atoms with van der Waals surface area (Å²) in [4.78, 5) is 20.6. The lowest BCUT2D eigenvalue weighted by atomic mass is 10.6. The van der Waals surface area contributed by atoms with E-state index >= 15 is 0 Å². The van der Waals surface area contributed by atoms with Crippen LogP contribution in [0, 0.1) is 0 Å². The molecule has 0 aliphatic heterocycles. The van der Waals surface area contributed by atoms with Crippen molar-refractivity contribution >= 4 is 22.8 Å². The van der Waals surface area contributed by atoms with Crippen LogP contribution in [0.5, 0.6) is 0 Å². The lowest BCUT2D eigenvalue weighted by Crippen LogP contribution is -2.22. The van der Waals surface area contributed by atoms with E-state index in [1.807, 2.05) is 0 Å². The first kappa shape index (κ1) is 9.49. The summed E-state index contributed by atoms with van der Waals surface area (Å²) in [5.41, 5.74) is 0. The largest absolute Gasteiger partial charge is 0.356 e. The average Bonchev–Trinajstić information content (AvgIpc) is 1.79. The van der Waals surface area contributed by atoms with E-state index in [0.29, 0.717) is 12.3 Å². The molecule has 58 valence electrons. The lowest BCUT2D eigenvalue weighted by Gasteiger charge is -1.97. The second kappa shape index (κ2) is 5.29. The van der Waals surface area contributed by atoms with Crippen molar-refractivity contribution in [2.24, 2.45) is 0 Å². The smallest absolute Gasteiger partial charge is 0.216 e. The first-order chi connectivity index (χ1) is 4.63. The van der Waals surface area contributed by atoms with Crippen molar-refractivity contribution in [3.05, 3.63) is 0 Å². The van der Waals surface area contributed by atoms with E-state index in [1.54, 1.807) is 0 Å². The summed E-state index contributed by atoms with van der Waals surface area (Å²) in [7, 11) is 0. The molecule has 1 amide bonds. The Morgan fingerprint density at radius 2 is 2.00 bits per heavy atom. The van der Waals surface area contributed by atoms with Crippen LogP contribution in [-0.4, -0.2) is 23.3 Å². The zero-order valence-electron chi connectivity index (χ0n) is 6.14. The summed E-state index contributed by atoms with van der Waals surface area (Å²) >= 11 is 1.22. The van der Waals surface area contributed by atoms with Gasteiger partial charge in [-0.15, -0.1) is 0 Å². The monoisotopic (exact) mass is 163 g/mol. The number of hydrogen-bond donors (Lipinski definition) is 1. The predicted molar refractivity (Wildman–Crippen MR) is 41.8 cm³/mol. The summed E-state index contributed by atoms with van der Waals surface area (Å²) in [5.74, 6) is 0.610. The first-order valence-corrected chi connectivity index (χ1v) is 3.99.